The number of aryl methyl sites for hydroxylation is 1. The number of hydrogen-bond donors (Lipinski definition) is 1. The molecule has 0 spiro atoms. The van der Waals surface area contributed by atoms with Crippen molar-refractivity contribution in [2.75, 3.05) is 0 Å². The molecule has 0 amide bonds. The summed E-state index contributed by atoms with van der Waals surface area (Å²) in [5, 5.41) is 10.5. The maximum Gasteiger partial charge on any atom is 0.416 e. The quantitative estimate of drug-likeness (QED) is 0.263. The molecule has 1 atom stereocenters. The van der Waals surface area contributed by atoms with E-state index in [1.165, 1.54) is 24.3 Å². The van der Waals surface area contributed by atoms with Crippen LogP contribution in [0.4, 0.5) is 22.0 Å². The van der Waals surface area contributed by atoms with E-state index in [-0.39, 0.29) is 17.0 Å². The molecule has 1 heterocycles. The number of alkyl halides is 4. The van der Waals surface area contributed by atoms with Crippen LogP contribution in [0.2, 0.25) is 0 Å². The molecule has 4 rings (SSSR count). The van der Waals surface area contributed by atoms with E-state index < -0.39 is 30.3 Å². The first-order chi connectivity index (χ1) is 17.5. The van der Waals surface area contributed by atoms with Crippen molar-refractivity contribution in [3.05, 3.63) is 112 Å². The Bertz CT molecular complexity index is 1380. The number of aromatic nitrogens is 1. The van der Waals surface area contributed by atoms with Gasteiger partial charge >= 0.3 is 6.18 Å². The van der Waals surface area contributed by atoms with Gasteiger partial charge in [-0.05, 0) is 53.8 Å². The van der Waals surface area contributed by atoms with Crippen LogP contribution >= 0.6 is 0 Å². The fraction of sp³-hybridized carbons (Fsp3) is 0.233. The number of aliphatic hydroxyl groups excluding tert-OH is 1. The van der Waals surface area contributed by atoms with Crippen LogP contribution in [0.3, 0.4) is 0 Å². The summed E-state index contributed by atoms with van der Waals surface area (Å²) in [4.78, 5) is 4.80. The predicted octanol–water partition coefficient (Wildman–Crippen LogP) is 8.56. The molecule has 37 heavy (non-hydrogen) atoms. The van der Waals surface area contributed by atoms with E-state index in [1.54, 1.807) is 0 Å². The van der Waals surface area contributed by atoms with E-state index in [0.29, 0.717) is 28.1 Å². The first-order valence-corrected chi connectivity index (χ1v) is 11.8. The minimum atomic E-state index is -4.55. The average Bonchev–Trinajstić information content (AvgIpc) is 2.87. The van der Waals surface area contributed by atoms with E-state index in [9.17, 15) is 22.7 Å². The topological polar surface area (TPSA) is 33.1 Å². The summed E-state index contributed by atoms with van der Waals surface area (Å²) < 4.78 is 69.5. The van der Waals surface area contributed by atoms with E-state index >= 15 is 4.39 Å². The minimum Gasteiger partial charge on any atom is -0.392 e. The highest BCUT2D eigenvalue weighted by Gasteiger charge is 2.32. The fourth-order valence-electron chi connectivity index (χ4n) is 4.41. The summed E-state index contributed by atoms with van der Waals surface area (Å²) >= 11 is 0. The van der Waals surface area contributed by atoms with Crippen molar-refractivity contribution >= 4 is 0 Å². The maximum atomic E-state index is 16.4. The van der Waals surface area contributed by atoms with Gasteiger partial charge in [-0.25, -0.2) is 8.78 Å². The van der Waals surface area contributed by atoms with Crippen LogP contribution < -0.4 is 0 Å². The number of halogens is 5. The number of nitrogens with zero attached hydrogens (tertiary/aromatic N) is 1. The zero-order valence-corrected chi connectivity index (χ0v) is 20.6. The lowest BCUT2D eigenvalue weighted by molar-refractivity contribution is -0.137. The molecule has 7 heteroatoms. The molecule has 0 radical (unpaired) electrons. The van der Waals surface area contributed by atoms with Gasteiger partial charge in [-0.3, -0.25) is 4.98 Å². The molecule has 4 aromatic rings. The van der Waals surface area contributed by atoms with Crippen molar-refractivity contribution in [2.45, 2.75) is 45.6 Å². The van der Waals surface area contributed by atoms with Crippen molar-refractivity contribution in [2.24, 2.45) is 0 Å². The Morgan fingerprint density at radius 2 is 1.41 bits per heavy atom. The second-order valence-corrected chi connectivity index (χ2v) is 9.28. The molecule has 0 aliphatic carbocycles. The number of hydrogen-bond acceptors (Lipinski definition) is 2. The minimum absolute atomic E-state index is 0.0204. The van der Waals surface area contributed by atoms with Crippen molar-refractivity contribution in [1.29, 1.82) is 0 Å². The third-order valence-corrected chi connectivity index (χ3v) is 6.31. The highest BCUT2D eigenvalue weighted by molar-refractivity contribution is 5.80. The van der Waals surface area contributed by atoms with Gasteiger partial charge in [0.05, 0.1) is 23.6 Å². The Morgan fingerprint density at radius 1 is 0.838 bits per heavy atom. The van der Waals surface area contributed by atoms with Crippen LogP contribution in [0.1, 0.15) is 59.4 Å². The number of pyridine rings is 1. The van der Waals surface area contributed by atoms with Crippen LogP contribution in [-0.4, -0.2) is 10.1 Å². The summed E-state index contributed by atoms with van der Waals surface area (Å²) in [6, 6.07) is 16.9. The molecule has 0 saturated carbocycles. The summed E-state index contributed by atoms with van der Waals surface area (Å²) in [5.74, 6) is -0.744. The van der Waals surface area contributed by atoms with Gasteiger partial charge in [0.15, 0.2) is 6.17 Å². The zero-order valence-electron chi connectivity index (χ0n) is 20.6. The summed E-state index contributed by atoms with van der Waals surface area (Å²) in [6.45, 7) is 5.15. The lowest BCUT2D eigenvalue weighted by Crippen LogP contribution is -2.12. The Kier molecular flexibility index (Phi) is 7.46. The van der Waals surface area contributed by atoms with Gasteiger partial charge < -0.3 is 5.11 Å². The van der Waals surface area contributed by atoms with Crippen LogP contribution in [0, 0.1) is 12.7 Å². The molecule has 0 aliphatic rings. The largest absolute Gasteiger partial charge is 0.416 e. The third-order valence-electron chi connectivity index (χ3n) is 6.31. The van der Waals surface area contributed by atoms with E-state index in [2.05, 4.69) is 0 Å². The highest BCUT2D eigenvalue weighted by atomic mass is 19.4. The van der Waals surface area contributed by atoms with Gasteiger partial charge in [0.1, 0.15) is 5.82 Å². The van der Waals surface area contributed by atoms with Crippen molar-refractivity contribution in [3.63, 3.8) is 0 Å². The van der Waals surface area contributed by atoms with Gasteiger partial charge in [0, 0.05) is 16.7 Å². The molecular weight excluding hydrogens is 485 g/mol. The first kappa shape index (κ1) is 26.5. The molecule has 0 fully saturated rings. The zero-order chi connectivity index (χ0) is 26.9. The van der Waals surface area contributed by atoms with Gasteiger partial charge in [-0.2, -0.15) is 13.2 Å². The van der Waals surface area contributed by atoms with E-state index in [4.69, 9.17) is 4.98 Å². The average molecular weight is 512 g/mol. The molecule has 1 aromatic heterocycles. The van der Waals surface area contributed by atoms with Crippen molar-refractivity contribution in [3.8, 4) is 22.4 Å². The number of rotatable bonds is 6. The molecule has 0 saturated heterocycles. The van der Waals surface area contributed by atoms with Gasteiger partial charge in [-0.15, -0.1) is 0 Å². The van der Waals surface area contributed by atoms with Crippen LogP contribution in [0.15, 0.2) is 72.8 Å². The standard InChI is InChI=1S/C30H26F5NO/c1-17(2)28-26(27(32)20-8-12-22(13-9-20)30(33,34)35)25(19-10-14-23(31)15-11-19)24(16-37)29(36-28)21-6-4-18(3)5-7-21/h4-15,17,27,37H,16H2,1-3H3. The molecule has 192 valence electrons. The molecule has 0 aliphatic heterocycles. The Morgan fingerprint density at radius 3 is 1.92 bits per heavy atom. The number of aliphatic hydroxyl groups is 1. The van der Waals surface area contributed by atoms with Gasteiger partial charge in [-0.1, -0.05) is 67.9 Å². The Balaban J connectivity index is 2.03. The predicted molar refractivity (Wildman–Crippen MR) is 134 cm³/mol. The summed E-state index contributed by atoms with van der Waals surface area (Å²) in [6.07, 6.45) is -6.39. The lowest BCUT2D eigenvalue weighted by atomic mass is 9.84. The van der Waals surface area contributed by atoms with Crippen molar-refractivity contribution in [1.82, 2.24) is 4.98 Å². The second-order valence-electron chi connectivity index (χ2n) is 9.28. The van der Waals surface area contributed by atoms with Crippen LogP contribution in [-0.2, 0) is 12.8 Å². The SMILES string of the molecule is Cc1ccc(-c2nc(C(C)C)c(C(F)c3ccc(C(F)(F)F)cc3)c(-c3ccc(F)cc3)c2CO)cc1. The highest BCUT2D eigenvalue weighted by Crippen LogP contribution is 2.44. The van der Waals surface area contributed by atoms with E-state index in [0.717, 1.165) is 35.4 Å². The second kappa shape index (κ2) is 10.4. The van der Waals surface area contributed by atoms with E-state index in [1.807, 2.05) is 45.0 Å². The first-order valence-electron chi connectivity index (χ1n) is 11.8. The third kappa shape index (κ3) is 5.42. The summed E-state index contributed by atoms with van der Waals surface area (Å²) in [5.41, 5.74) is 3.06. The number of benzene rings is 3. The molecular formula is C30H26F5NO. The Labute approximate surface area is 212 Å². The molecule has 0 bridgehead atoms. The molecule has 3 aromatic carbocycles. The molecule has 1 unspecified atom stereocenters. The van der Waals surface area contributed by atoms with Crippen molar-refractivity contribution < 1.29 is 27.1 Å². The van der Waals surface area contributed by atoms with Gasteiger partial charge in [0.2, 0.25) is 0 Å². The molecule has 1 N–H and O–H groups in total. The fourth-order valence-corrected chi connectivity index (χ4v) is 4.41. The monoisotopic (exact) mass is 511 g/mol. The Hall–Kier alpha value is -3.58. The lowest BCUT2D eigenvalue weighted by Gasteiger charge is -2.25. The molecule has 2 nitrogen and oxygen atoms in total. The smallest absolute Gasteiger partial charge is 0.392 e. The normalized spacial score (nSPS) is 12.7. The van der Waals surface area contributed by atoms with Crippen LogP contribution in [0.5, 0.6) is 0 Å². The van der Waals surface area contributed by atoms with Gasteiger partial charge in [0.25, 0.3) is 0 Å². The van der Waals surface area contributed by atoms with Crippen LogP contribution in [0.25, 0.3) is 22.4 Å². The maximum absolute atomic E-state index is 16.4. The summed E-state index contributed by atoms with van der Waals surface area (Å²) in [7, 11) is 0.